The van der Waals surface area contributed by atoms with E-state index in [1.165, 1.54) is 43.3 Å². The van der Waals surface area contributed by atoms with Gasteiger partial charge in [0.15, 0.2) is 11.5 Å². The zero-order chi connectivity index (χ0) is 24.8. The molecule has 1 heterocycles. The number of nitrogens with one attached hydrogen (secondary N) is 2. The number of amides is 2. The van der Waals surface area contributed by atoms with Crippen LogP contribution >= 0.6 is 0 Å². The molecule has 34 heavy (non-hydrogen) atoms. The van der Waals surface area contributed by atoms with Gasteiger partial charge in [-0.05, 0) is 36.2 Å². The SMILES string of the molecule is CC[C@@H](C)[C@H](NC(=O)Cn1cnc2cc(OC)c(OC)cc2c1=O)C(=O)Nc1ccc(O)cc1. The van der Waals surface area contributed by atoms with Crippen molar-refractivity contribution in [3.8, 4) is 17.2 Å². The number of hydrogen-bond acceptors (Lipinski definition) is 7. The Morgan fingerprint density at radius 3 is 2.38 bits per heavy atom. The molecule has 1 aromatic heterocycles. The molecule has 0 spiro atoms. The first-order valence-corrected chi connectivity index (χ1v) is 10.8. The van der Waals surface area contributed by atoms with E-state index in [0.717, 1.165) is 0 Å². The number of benzene rings is 2. The molecule has 0 fully saturated rings. The number of fused-ring (bicyclic) bond motifs is 1. The van der Waals surface area contributed by atoms with E-state index in [0.29, 0.717) is 29.1 Å². The fourth-order valence-electron chi connectivity index (χ4n) is 3.44. The summed E-state index contributed by atoms with van der Waals surface area (Å²) >= 11 is 0. The molecule has 0 saturated carbocycles. The van der Waals surface area contributed by atoms with Gasteiger partial charge in [0.25, 0.3) is 5.56 Å². The van der Waals surface area contributed by atoms with E-state index in [-0.39, 0.29) is 23.6 Å². The molecule has 3 aromatic rings. The van der Waals surface area contributed by atoms with Crippen LogP contribution in [0.4, 0.5) is 5.69 Å². The summed E-state index contributed by atoms with van der Waals surface area (Å²) in [6, 6.07) is 8.32. The number of phenols is 1. The van der Waals surface area contributed by atoms with E-state index in [9.17, 15) is 19.5 Å². The first-order chi connectivity index (χ1) is 16.3. The first kappa shape index (κ1) is 24.6. The van der Waals surface area contributed by atoms with Crippen molar-refractivity contribution in [2.45, 2.75) is 32.9 Å². The van der Waals surface area contributed by atoms with Crippen molar-refractivity contribution >= 4 is 28.4 Å². The van der Waals surface area contributed by atoms with Crippen molar-refractivity contribution in [1.29, 1.82) is 0 Å². The molecule has 10 heteroatoms. The van der Waals surface area contributed by atoms with Gasteiger partial charge in [0.2, 0.25) is 11.8 Å². The van der Waals surface area contributed by atoms with Crippen molar-refractivity contribution < 1.29 is 24.2 Å². The second-order valence-corrected chi connectivity index (χ2v) is 7.87. The Labute approximate surface area is 196 Å². The second kappa shape index (κ2) is 10.7. The number of ether oxygens (including phenoxy) is 2. The molecule has 0 aliphatic carbocycles. The molecule has 0 aliphatic heterocycles. The lowest BCUT2D eigenvalue weighted by Gasteiger charge is -2.23. The lowest BCUT2D eigenvalue weighted by Crippen LogP contribution is -2.49. The normalized spacial score (nSPS) is 12.6. The van der Waals surface area contributed by atoms with E-state index in [2.05, 4.69) is 15.6 Å². The van der Waals surface area contributed by atoms with Gasteiger partial charge in [-0.15, -0.1) is 0 Å². The molecule has 2 aromatic carbocycles. The van der Waals surface area contributed by atoms with Gasteiger partial charge in [-0.2, -0.15) is 0 Å². The van der Waals surface area contributed by atoms with E-state index >= 15 is 0 Å². The summed E-state index contributed by atoms with van der Waals surface area (Å²) < 4.78 is 11.7. The summed E-state index contributed by atoms with van der Waals surface area (Å²) in [6.45, 7) is 3.46. The van der Waals surface area contributed by atoms with Crippen molar-refractivity contribution in [2.75, 3.05) is 19.5 Å². The number of carbonyl (C=O) groups is 2. The van der Waals surface area contributed by atoms with E-state index in [4.69, 9.17) is 9.47 Å². The molecule has 180 valence electrons. The molecule has 0 radical (unpaired) electrons. The van der Waals surface area contributed by atoms with Crippen molar-refractivity contribution in [2.24, 2.45) is 5.92 Å². The number of carbonyl (C=O) groups excluding carboxylic acids is 2. The number of hydrogen-bond donors (Lipinski definition) is 3. The van der Waals surface area contributed by atoms with Crippen molar-refractivity contribution in [1.82, 2.24) is 14.9 Å². The average molecular weight is 469 g/mol. The van der Waals surface area contributed by atoms with Crippen LogP contribution in [0.1, 0.15) is 20.3 Å². The highest BCUT2D eigenvalue weighted by atomic mass is 16.5. The summed E-state index contributed by atoms with van der Waals surface area (Å²) in [5.41, 5.74) is 0.476. The molecule has 10 nitrogen and oxygen atoms in total. The summed E-state index contributed by atoms with van der Waals surface area (Å²) in [5.74, 6) is -0.170. The van der Waals surface area contributed by atoms with Crippen LogP contribution in [-0.2, 0) is 16.1 Å². The summed E-state index contributed by atoms with van der Waals surface area (Å²) in [6.07, 6.45) is 1.93. The van der Waals surface area contributed by atoms with Gasteiger partial charge < -0.3 is 25.2 Å². The topological polar surface area (TPSA) is 132 Å². The standard InChI is InChI=1S/C24H28N4O6/c1-5-14(2)22(23(31)26-15-6-8-16(29)9-7-15)27-21(30)12-28-13-25-18-11-20(34-4)19(33-3)10-17(18)24(28)32/h6-11,13-14,22,29H,5,12H2,1-4H3,(H,26,31)(H,27,30)/t14-,22+/m1/s1. The van der Waals surface area contributed by atoms with Crippen molar-refractivity contribution in [3.05, 3.63) is 53.1 Å². The highest BCUT2D eigenvalue weighted by Gasteiger charge is 2.26. The van der Waals surface area contributed by atoms with Gasteiger partial charge in [-0.25, -0.2) is 4.98 Å². The quantitative estimate of drug-likeness (QED) is 0.411. The van der Waals surface area contributed by atoms with Crippen LogP contribution in [0.2, 0.25) is 0 Å². The number of phenolic OH excluding ortho intramolecular Hbond substituents is 1. The Morgan fingerprint density at radius 1 is 1.12 bits per heavy atom. The van der Waals surface area contributed by atoms with E-state index in [1.54, 1.807) is 18.2 Å². The third-order valence-corrected chi connectivity index (χ3v) is 5.59. The van der Waals surface area contributed by atoms with Gasteiger partial charge in [0, 0.05) is 11.8 Å². The number of aromatic hydroxyl groups is 1. The molecule has 3 N–H and O–H groups in total. The number of nitrogens with zero attached hydrogens (tertiary/aromatic N) is 2. The fraction of sp³-hybridized carbons (Fsp3) is 0.333. The zero-order valence-corrected chi connectivity index (χ0v) is 19.5. The maximum atomic E-state index is 13.0. The first-order valence-electron chi connectivity index (χ1n) is 10.8. The minimum Gasteiger partial charge on any atom is -0.508 e. The monoisotopic (exact) mass is 468 g/mol. The largest absolute Gasteiger partial charge is 0.508 e. The van der Waals surface area contributed by atoms with Crippen LogP contribution in [0.3, 0.4) is 0 Å². The predicted molar refractivity (Wildman–Crippen MR) is 127 cm³/mol. The zero-order valence-electron chi connectivity index (χ0n) is 19.5. The maximum absolute atomic E-state index is 13.0. The van der Waals surface area contributed by atoms with Gasteiger partial charge >= 0.3 is 0 Å². The summed E-state index contributed by atoms with van der Waals surface area (Å²) in [7, 11) is 2.95. The number of aromatic nitrogens is 2. The third kappa shape index (κ3) is 5.45. The van der Waals surface area contributed by atoms with Crippen LogP contribution < -0.4 is 25.7 Å². The number of rotatable bonds is 9. The van der Waals surface area contributed by atoms with Crippen LogP contribution in [0, 0.1) is 5.92 Å². The Balaban J connectivity index is 1.79. The van der Waals surface area contributed by atoms with Crippen LogP contribution in [0.5, 0.6) is 17.2 Å². The second-order valence-electron chi connectivity index (χ2n) is 7.87. The van der Waals surface area contributed by atoms with E-state index in [1.807, 2.05) is 13.8 Å². The third-order valence-electron chi connectivity index (χ3n) is 5.59. The fourth-order valence-corrected chi connectivity index (χ4v) is 3.44. The molecule has 3 rings (SSSR count). The Bertz CT molecular complexity index is 1240. The smallest absolute Gasteiger partial charge is 0.261 e. The maximum Gasteiger partial charge on any atom is 0.261 e. The average Bonchev–Trinajstić information content (AvgIpc) is 2.84. The van der Waals surface area contributed by atoms with Gasteiger partial charge in [0.1, 0.15) is 18.3 Å². The lowest BCUT2D eigenvalue weighted by molar-refractivity contribution is -0.128. The molecule has 0 unspecified atom stereocenters. The number of methoxy groups -OCH3 is 2. The van der Waals surface area contributed by atoms with Gasteiger partial charge in [-0.1, -0.05) is 20.3 Å². The molecule has 0 saturated heterocycles. The summed E-state index contributed by atoms with van der Waals surface area (Å²) in [4.78, 5) is 42.9. The minimum absolute atomic E-state index is 0.0790. The highest BCUT2D eigenvalue weighted by molar-refractivity contribution is 5.97. The molecule has 0 bridgehead atoms. The lowest BCUT2D eigenvalue weighted by atomic mass is 9.98. The van der Waals surface area contributed by atoms with Gasteiger partial charge in [0.05, 0.1) is 31.4 Å². The van der Waals surface area contributed by atoms with Crippen molar-refractivity contribution in [3.63, 3.8) is 0 Å². The van der Waals surface area contributed by atoms with E-state index < -0.39 is 23.4 Å². The minimum atomic E-state index is -0.820. The van der Waals surface area contributed by atoms with Gasteiger partial charge in [-0.3, -0.25) is 19.0 Å². The Hall–Kier alpha value is -4.08. The Morgan fingerprint density at radius 2 is 1.76 bits per heavy atom. The molecule has 0 aliphatic rings. The molecule has 2 atom stereocenters. The number of anilines is 1. The highest BCUT2D eigenvalue weighted by Crippen LogP contribution is 2.29. The molecular formula is C24H28N4O6. The molecular weight excluding hydrogens is 440 g/mol. The summed E-state index contributed by atoms with van der Waals surface area (Å²) in [5, 5.41) is 15.2. The predicted octanol–water partition coefficient (Wildman–Crippen LogP) is 2.29. The van der Waals surface area contributed by atoms with Crippen LogP contribution in [-0.4, -0.2) is 46.7 Å². The van der Waals surface area contributed by atoms with Crippen LogP contribution in [0.15, 0.2) is 47.5 Å². The van der Waals surface area contributed by atoms with Crippen LogP contribution in [0.25, 0.3) is 10.9 Å². The Kier molecular flexibility index (Phi) is 7.72. The molecule has 2 amide bonds.